The Kier molecular flexibility index (Phi) is 4.40. The fraction of sp³-hybridized carbons (Fsp3) is 0.333. The van der Waals surface area contributed by atoms with Gasteiger partial charge in [0.2, 0.25) is 0 Å². The van der Waals surface area contributed by atoms with E-state index in [9.17, 15) is 0 Å². The van der Waals surface area contributed by atoms with Crippen LogP contribution in [0.15, 0.2) is 30.5 Å². The Labute approximate surface area is 139 Å². The minimum Gasteiger partial charge on any atom is -0.328 e. The van der Waals surface area contributed by atoms with Gasteiger partial charge in [-0.25, -0.2) is 4.68 Å². The van der Waals surface area contributed by atoms with Gasteiger partial charge in [-0.2, -0.15) is 0 Å². The standard InChI is InChI=1S/C15H18ClN7/c1-10(17)7-13-8-23(21-18-13)9-14-19-20-15(22(14)2)11-3-5-12(16)6-4-11/h3-6,8,10H,7,9,17H2,1-2H3. The maximum Gasteiger partial charge on any atom is 0.163 e. The third kappa shape index (κ3) is 3.57. The highest BCUT2D eigenvalue weighted by atomic mass is 35.5. The molecular weight excluding hydrogens is 314 g/mol. The molecule has 0 aliphatic rings. The molecule has 0 amide bonds. The molecule has 1 aromatic carbocycles. The molecule has 0 saturated carbocycles. The van der Waals surface area contributed by atoms with E-state index >= 15 is 0 Å². The zero-order valence-corrected chi connectivity index (χ0v) is 13.8. The topological polar surface area (TPSA) is 87.4 Å². The number of benzene rings is 1. The smallest absolute Gasteiger partial charge is 0.163 e. The third-order valence-corrected chi connectivity index (χ3v) is 3.74. The van der Waals surface area contributed by atoms with Gasteiger partial charge >= 0.3 is 0 Å². The van der Waals surface area contributed by atoms with Gasteiger partial charge in [0.1, 0.15) is 6.54 Å². The average molecular weight is 332 g/mol. The molecule has 3 aromatic rings. The Morgan fingerprint density at radius 2 is 1.91 bits per heavy atom. The van der Waals surface area contributed by atoms with Crippen LogP contribution in [0.3, 0.4) is 0 Å². The molecule has 23 heavy (non-hydrogen) atoms. The van der Waals surface area contributed by atoms with Crippen molar-refractivity contribution in [2.24, 2.45) is 12.8 Å². The summed E-state index contributed by atoms with van der Waals surface area (Å²) in [6.45, 7) is 2.45. The molecule has 2 heterocycles. The van der Waals surface area contributed by atoms with Gasteiger partial charge in [0, 0.05) is 36.3 Å². The highest BCUT2D eigenvalue weighted by molar-refractivity contribution is 6.30. The Morgan fingerprint density at radius 1 is 1.17 bits per heavy atom. The lowest BCUT2D eigenvalue weighted by molar-refractivity contribution is 0.606. The van der Waals surface area contributed by atoms with Crippen molar-refractivity contribution in [3.05, 3.63) is 47.0 Å². The first-order valence-corrected chi connectivity index (χ1v) is 7.69. The van der Waals surface area contributed by atoms with E-state index < -0.39 is 0 Å². The van der Waals surface area contributed by atoms with Crippen molar-refractivity contribution in [2.45, 2.75) is 25.9 Å². The number of hydrogen-bond donors (Lipinski definition) is 1. The van der Waals surface area contributed by atoms with E-state index in [0.717, 1.165) is 22.9 Å². The predicted octanol–water partition coefficient (Wildman–Crippen LogP) is 1.66. The second-order valence-electron chi connectivity index (χ2n) is 5.59. The van der Waals surface area contributed by atoms with Gasteiger partial charge in [0.05, 0.1) is 5.69 Å². The normalized spacial score (nSPS) is 12.5. The fourth-order valence-electron chi connectivity index (χ4n) is 2.33. The van der Waals surface area contributed by atoms with Crippen molar-refractivity contribution in [3.63, 3.8) is 0 Å². The van der Waals surface area contributed by atoms with Crippen LogP contribution in [0.25, 0.3) is 11.4 Å². The monoisotopic (exact) mass is 331 g/mol. The van der Waals surface area contributed by atoms with Crippen molar-refractivity contribution < 1.29 is 0 Å². The van der Waals surface area contributed by atoms with Crippen LogP contribution in [-0.4, -0.2) is 35.8 Å². The lowest BCUT2D eigenvalue weighted by atomic mass is 10.2. The molecule has 0 aliphatic heterocycles. The molecule has 120 valence electrons. The summed E-state index contributed by atoms with van der Waals surface area (Å²) in [5.41, 5.74) is 7.62. The molecule has 0 fully saturated rings. The maximum absolute atomic E-state index is 5.92. The summed E-state index contributed by atoms with van der Waals surface area (Å²) in [4.78, 5) is 0. The molecule has 3 rings (SSSR count). The zero-order chi connectivity index (χ0) is 16.4. The van der Waals surface area contributed by atoms with Crippen LogP contribution in [0.1, 0.15) is 18.4 Å². The summed E-state index contributed by atoms with van der Waals surface area (Å²) >= 11 is 5.92. The van der Waals surface area contributed by atoms with Crippen LogP contribution >= 0.6 is 11.6 Å². The second-order valence-corrected chi connectivity index (χ2v) is 6.03. The molecule has 1 atom stereocenters. The lowest BCUT2D eigenvalue weighted by Gasteiger charge is -2.04. The highest BCUT2D eigenvalue weighted by Crippen LogP contribution is 2.20. The lowest BCUT2D eigenvalue weighted by Crippen LogP contribution is -2.17. The van der Waals surface area contributed by atoms with Gasteiger partial charge < -0.3 is 10.3 Å². The molecule has 0 aliphatic carbocycles. The Bertz CT molecular complexity index is 789. The van der Waals surface area contributed by atoms with E-state index in [-0.39, 0.29) is 6.04 Å². The first kappa shape index (κ1) is 15.6. The van der Waals surface area contributed by atoms with Gasteiger partial charge in [-0.3, -0.25) is 0 Å². The molecule has 7 nitrogen and oxygen atoms in total. The quantitative estimate of drug-likeness (QED) is 0.768. The zero-order valence-electron chi connectivity index (χ0n) is 13.0. The third-order valence-electron chi connectivity index (χ3n) is 3.49. The SMILES string of the molecule is CC(N)Cc1cn(Cc2nnc(-c3ccc(Cl)cc3)n2C)nn1. The maximum atomic E-state index is 5.92. The van der Waals surface area contributed by atoms with E-state index in [2.05, 4.69) is 20.5 Å². The summed E-state index contributed by atoms with van der Waals surface area (Å²) < 4.78 is 3.68. The minimum atomic E-state index is 0.0616. The molecular formula is C15H18ClN7. The highest BCUT2D eigenvalue weighted by Gasteiger charge is 2.12. The van der Waals surface area contributed by atoms with E-state index in [0.29, 0.717) is 18.0 Å². The molecule has 1 unspecified atom stereocenters. The predicted molar refractivity (Wildman–Crippen MR) is 87.9 cm³/mol. The van der Waals surface area contributed by atoms with Gasteiger partial charge in [-0.15, -0.1) is 15.3 Å². The Hall–Kier alpha value is -2.25. The fourth-order valence-corrected chi connectivity index (χ4v) is 2.46. The van der Waals surface area contributed by atoms with Crippen LogP contribution in [0, 0.1) is 0 Å². The Balaban J connectivity index is 1.79. The number of aromatic nitrogens is 6. The molecule has 0 saturated heterocycles. The van der Waals surface area contributed by atoms with Gasteiger partial charge in [-0.05, 0) is 31.2 Å². The van der Waals surface area contributed by atoms with Crippen LogP contribution < -0.4 is 5.73 Å². The first-order chi connectivity index (χ1) is 11.0. The molecule has 0 radical (unpaired) electrons. The van der Waals surface area contributed by atoms with Crippen molar-refractivity contribution in [3.8, 4) is 11.4 Å². The van der Waals surface area contributed by atoms with E-state index in [4.69, 9.17) is 17.3 Å². The molecule has 2 aromatic heterocycles. The summed E-state index contributed by atoms with van der Waals surface area (Å²) in [7, 11) is 1.93. The molecule has 8 heteroatoms. The second kappa shape index (κ2) is 6.47. The van der Waals surface area contributed by atoms with Crippen molar-refractivity contribution in [1.29, 1.82) is 0 Å². The largest absolute Gasteiger partial charge is 0.328 e. The van der Waals surface area contributed by atoms with Gasteiger partial charge in [-0.1, -0.05) is 16.8 Å². The minimum absolute atomic E-state index is 0.0616. The van der Waals surface area contributed by atoms with Crippen molar-refractivity contribution in [1.82, 2.24) is 29.8 Å². The van der Waals surface area contributed by atoms with Crippen molar-refractivity contribution in [2.75, 3.05) is 0 Å². The van der Waals surface area contributed by atoms with Crippen LogP contribution in [0.2, 0.25) is 5.02 Å². The van der Waals surface area contributed by atoms with Gasteiger partial charge in [0.15, 0.2) is 11.6 Å². The Morgan fingerprint density at radius 3 is 2.61 bits per heavy atom. The first-order valence-electron chi connectivity index (χ1n) is 7.31. The summed E-state index contributed by atoms with van der Waals surface area (Å²) in [6.07, 6.45) is 2.59. The van der Waals surface area contributed by atoms with E-state index in [1.165, 1.54) is 0 Å². The summed E-state index contributed by atoms with van der Waals surface area (Å²) in [5.74, 6) is 1.58. The number of rotatable bonds is 5. The van der Waals surface area contributed by atoms with Crippen LogP contribution in [-0.2, 0) is 20.0 Å². The summed E-state index contributed by atoms with van der Waals surface area (Å²) in [6, 6.07) is 7.58. The summed E-state index contributed by atoms with van der Waals surface area (Å²) in [5, 5.41) is 17.4. The van der Waals surface area contributed by atoms with Crippen LogP contribution in [0.4, 0.5) is 0 Å². The number of nitrogens with zero attached hydrogens (tertiary/aromatic N) is 6. The van der Waals surface area contributed by atoms with Crippen molar-refractivity contribution >= 4 is 11.6 Å². The van der Waals surface area contributed by atoms with E-state index in [1.807, 2.05) is 49.0 Å². The molecule has 0 bridgehead atoms. The molecule has 2 N–H and O–H groups in total. The van der Waals surface area contributed by atoms with Crippen LogP contribution in [0.5, 0.6) is 0 Å². The number of nitrogens with two attached hydrogens (primary N) is 1. The number of hydrogen-bond acceptors (Lipinski definition) is 5. The average Bonchev–Trinajstić information content (AvgIpc) is 3.08. The van der Waals surface area contributed by atoms with Gasteiger partial charge in [0.25, 0.3) is 0 Å². The molecule has 0 spiro atoms. The number of halogens is 1. The van der Waals surface area contributed by atoms with E-state index in [1.54, 1.807) is 4.68 Å².